The molecule has 0 amide bonds. The maximum atomic E-state index is 3.78. The van der Waals surface area contributed by atoms with E-state index in [9.17, 15) is 0 Å². The van der Waals surface area contributed by atoms with Gasteiger partial charge in [0.05, 0.1) is 0 Å². The van der Waals surface area contributed by atoms with Crippen LogP contribution < -0.4 is 5.32 Å². The van der Waals surface area contributed by atoms with Crippen LogP contribution in [0, 0.1) is 11.8 Å². The first-order chi connectivity index (χ1) is 8.31. The lowest BCUT2D eigenvalue weighted by atomic mass is 9.84. The van der Waals surface area contributed by atoms with Gasteiger partial charge in [0.2, 0.25) is 0 Å². The van der Waals surface area contributed by atoms with Crippen LogP contribution in [0.15, 0.2) is 0 Å². The molecule has 1 atom stereocenters. The molecular weight excluding hydrogens is 206 g/mol. The van der Waals surface area contributed by atoms with Crippen molar-refractivity contribution >= 4 is 0 Å². The summed E-state index contributed by atoms with van der Waals surface area (Å²) in [5, 5.41) is 3.78. The van der Waals surface area contributed by atoms with E-state index in [-0.39, 0.29) is 0 Å². The Morgan fingerprint density at radius 3 is 2.00 bits per heavy atom. The molecule has 1 heteroatoms. The van der Waals surface area contributed by atoms with Crippen LogP contribution in [0.25, 0.3) is 0 Å². The monoisotopic (exact) mass is 239 g/mol. The molecule has 1 rings (SSSR count). The summed E-state index contributed by atoms with van der Waals surface area (Å²) < 4.78 is 0. The minimum Gasteiger partial charge on any atom is -0.314 e. The van der Waals surface area contributed by atoms with Gasteiger partial charge in [0.25, 0.3) is 0 Å². The summed E-state index contributed by atoms with van der Waals surface area (Å²) in [4.78, 5) is 0. The van der Waals surface area contributed by atoms with Crippen molar-refractivity contribution in [1.29, 1.82) is 0 Å². The summed E-state index contributed by atoms with van der Waals surface area (Å²) in [5.74, 6) is 1.89. The molecule has 0 spiro atoms. The van der Waals surface area contributed by atoms with Crippen molar-refractivity contribution < 1.29 is 0 Å². The van der Waals surface area contributed by atoms with Gasteiger partial charge in [-0.15, -0.1) is 0 Å². The van der Waals surface area contributed by atoms with Crippen LogP contribution in [0.2, 0.25) is 0 Å². The lowest BCUT2D eigenvalue weighted by Crippen LogP contribution is -2.37. The quantitative estimate of drug-likeness (QED) is 0.632. The van der Waals surface area contributed by atoms with E-state index in [0.29, 0.717) is 0 Å². The van der Waals surface area contributed by atoms with Gasteiger partial charge in [-0.1, -0.05) is 59.3 Å². The van der Waals surface area contributed by atoms with Crippen LogP contribution in [-0.2, 0) is 0 Å². The van der Waals surface area contributed by atoms with Crippen LogP contribution in [0.3, 0.4) is 0 Å². The normalized spacial score (nSPS) is 20.5. The number of rotatable bonds is 7. The molecule has 1 fully saturated rings. The lowest BCUT2D eigenvalue weighted by molar-refractivity contribution is 0.264. The van der Waals surface area contributed by atoms with Gasteiger partial charge in [0.1, 0.15) is 0 Å². The van der Waals surface area contributed by atoms with Crippen molar-refractivity contribution in [2.24, 2.45) is 11.8 Å². The van der Waals surface area contributed by atoms with Gasteiger partial charge in [-0.05, 0) is 37.6 Å². The minimum absolute atomic E-state index is 0.794. The third-order valence-electron chi connectivity index (χ3n) is 4.68. The largest absolute Gasteiger partial charge is 0.314 e. The predicted octanol–water partition coefficient (Wildman–Crippen LogP) is 4.76. The van der Waals surface area contributed by atoms with Gasteiger partial charge in [0, 0.05) is 6.04 Å². The van der Waals surface area contributed by atoms with Gasteiger partial charge in [-0.3, -0.25) is 0 Å². The SMILES string of the molecule is CCNC(CC(CC)CC)C1CCCCCC1. The highest BCUT2D eigenvalue weighted by molar-refractivity contribution is 4.80. The zero-order valence-corrected chi connectivity index (χ0v) is 12.3. The highest BCUT2D eigenvalue weighted by atomic mass is 14.9. The molecule has 1 unspecified atom stereocenters. The van der Waals surface area contributed by atoms with Crippen molar-refractivity contribution in [2.75, 3.05) is 6.54 Å². The maximum absolute atomic E-state index is 3.78. The third kappa shape index (κ3) is 5.42. The fourth-order valence-corrected chi connectivity index (χ4v) is 3.40. The second kappa shape index (κ2) is 8.97. The second-order valence-electron chi connectivity index (χ2n) is 5.83. The molecule has 1 nitrogen and oxygen atoms in total. The molecule has 17 heavy (non-hydrogen) atoms. The second-order valence-corrected chi connectivity index (χ2v) is 5.83. The molecule has 0 bridgehead atoms. The summed E-state index contributed by atoms with van der Waals surface area (Å²) in [5.41, 5.74) is 0. The van der Waals surface area contributed by atoms with E-state index in [0.717, 1.165) is 24.4 Å². The zero-order valence-electron chi connectivity index (χ0n) is 12.3. The van der Waals surface area contributed by atoms with E-state index in [1.807, 2.05) is 0 Å². The van der Waals surface area contributed by atoms with Crippen LogP contribution in [0.5, 0.6) is 0 Å². The predicted molar refractivity (Wildman–Crippen MR) is 77.3 cm³/mol. The third-order valence-corrected chi connectivity index (χ3v) is 4.68. The highest BCUT2D eigenvalue weighted by Gasteiger charge is 2.23. The van der Waals surface area contributed by atoms with E-state index < -0.39 is 0 Å². The molecule has 0 aromatic rings. The van der Waals surface area contributed by atoms with Crippen LogP contribution in [-0.4, -0.2) is 12.6 Å². The van der Waals surface area contributed by atoms with Crippen molar-refractivity contribution in [1.82, 2.24) is 5.32 Å². The Balaban J connectivity index is 2.49. The molecule has 102 valence electrons. The Hall–Kier alpha value is -0.0400. The number of nitrogens with one attached hydrogen (secondary N) is 1. The molecule has 1 aliphatic carbocycles. The average Bonchev–Trinajstić information content (AvgIpc) is 2.63. The van der Waals surface area contributed by atoms with Gasteiger partial charge >= 0.3 is 0 Å². The molecular formula is C16H33N. The zero-order chi connectivity index (χ0) is 12.5. The standard InChI is InChI=1S/C16H33N/c1-4-14(5-2)13-16(17-6-3)15-11-9-7-8-10-12-15/h14-17H,4-13H2,1-3H3. The smallest absolute Gasteiger partial charge is 0.00978 e. The average molecular weight is 239 g/mol. The first-order valence-corrected chi connectivity index (χ1v) is 8.05. The van der Waals surface area contributed by atoms with Crippen LogP contribution >= 0.6 is 0 Å². The highest BCUT2D eigenvalue weighted by Crippen LogP contribution is 2.29. The van der Waals surface area contributed by atoms with E-state index in [1.54, 1.807) is 0 Å². The molecule has 1 saturated carbocycles. The number of hydrogen-bond acceptors (Lipinski definition) is 1. The molecule has 0 saturated heterocycles. The first kappa shape index (κ1) is 15.0. The van der Waals surface area contributed by atoms with E-state index in [4.69, 9.17) is 0 Å². The number of hydrogen-bond donors (Lipinski definition) is 1. The fraction of sp³-hybridized carbons (Fsp3) is 1.00. The Labute approximate surface area is 109 Å². The van der Waals surface area contributed by atoms with Gasteiger partial charge in [-0.25, -0.2) is 0 Å². The summed E-state index contributed by atoms with van der Waals surface area (Å²) >= 11 is 0. The van der Waals surface area contributed by atoms with Gasteiger partial charge in [-0.2, -0.15) is 0 Å². The lowest BCUT2D eigenvalue weighted by Gasteiger charge is -2.30. The van der Waals surface area contributed by atoms with Gasteiger partial charge in [0.15, 0.2) is 0 Å². The van der Waals surface area contributed by atoms with E-state index in [2.05, 4.69) is 26.1 Å². The van der Waals surface area contributed by atoms with Crippen molar-refractivity contribution in [3.8, 4) is 0 Å². The summed E-state index contributed by atoms with van der Waals surface area (Å²) in [6, 6.07) is 0.794. The van der Waals surface area contributed by atoms with Crippen LogP contribution in [0.1, 0.15) is 78.6 Å². The minimum atomic E-state index is 0.794. The van der Waals surface area contributed by atoms with Crippen molar-refractivity contribution in [3.63, 3.8) is 0 Å². The Kier molecular flexibility index (Phi) is 7.92. The molecule has 0 aromatic heterocycles. The topological polar surface area (TPSA) is 12.0 Å². The molecule has 1 aliphatic rings. The first-order valence-electron chi connectivity index (χ1n) is 8.05. The maximum Gasteiger partial charge on any atom is 0.00978 e. The van der Waals surface area contributed by atoms with Crippen LogP contribution in [0.4, 0.5) is 0 Å². The summed E-state index contributed by atoms with van der Waals surface area (Å²) in [7, 11) is 0. The Morgan fingerprint density at radius 2 is 1.53 bits per heavy atom. The van der Waals surface area contributed by atoms with Crippen molar-refractivity contribution in [2.45, 2.75) is 84.6 Å². The Bertz CT molecular complexity index is 166. The molecule has 0 aliphatic heterocycles. The summed E-state index contributed by atoms with van der Waals surface area (Å²) in [6.07, 6.45) is 12.9. The molecule has 1 N–H and O–H groups in total. The van der Waals surface area contributed by atoms with Gasteiger partial charge < -0.3 is 5.32 Å². The summed E-state index contributed by atoms with van der Waals surface area (Å²) in [6.45, 7) is 8.10. The Morgan fingerprint density at radius 1 is 0.941 bits per heavy atom. The fourth-order valence-electron chi connectivity index (χ4n) is 3.40. The van der Waals surface area contributed by atoms with E-state index >= 15 is 0 Å². The van der Waals surface area contributed by atoms with Crippen molar-refractivity contribution in [3.05, 3.63) is 0 Å². The molecule has 0 radical (unpaired) electrons. The molecule has 0 aromatic carbocycles. The van der Waals surface area contributed by atoms with E-state index in [1.165, 1.54) is 57.8 Å². The molecule has 0 heterocycles.